The number of hydrogen-bond acceptors (Lipinski definition) is 2. The molecule has 0 aromatic carbocycles. The van der Waals surface area contributed by atoms with Crippen LogP contribution in [-0.2, 0) is 0 Å². The zero-order chi connectivity index (χ0) is 12.6. The lowest BCUT2D eigenvalue weighted by molar-refractivity contribution is -0.0811. The molecule has 2 rings (SSSR count). The van der Waals surface area contributed by atoms with Crippen molar-refractivity contribution in [1.82, 2.24) is 0 Å². The first-order valence-corrected chi connectivity index (χ1v) is 6.98. The van der Waals surface area contributed by atoms with Crippen LogP contribution in [0.3, 0.4) is 0 Å². The number of rotatable bonds is 2. The molecule has 0 aromatic rings. The van der Waals surface area contributed by atoms with Crippen LogP contribution in [0.2, 0.25) is 0 Å². The van der Waals surface area contributed by atoms with Gasteiger partial charge >= 0.3 is 0 Å². The third kappa shape index (κ3) is 2.43. The Morgan fingerprint density at radius 1 is 1.41 bits per heavy atom. The number of hydrogen-bond donors (Lipinski definition) is 2. The predicted octanol–water partition coefficient (Wildman–Crippen LogP) is 2.75. The summed E-state index contributed by atoms with van der Waals surface area (Å²) < 4.78 is 0. The fourth-order valence-electron chi connectivity index (χ4n) is 3.90. The standard InChI is InChI=1S/C15H26O2/c1-10(2)12-6-7-15(3,17)14-5-4-11(9-16)8-13(12)14/h8,10,12-14,16-17H,4-7,9H2,1-3H3/t12-,13-,14+,15+/m0/s1. The van der Waals surface area contributed by atoms with Crippen molar-refractivity contribution in [1.29, 1.82) is 0 Å². The Labute approximate surface area is 105 Å². The molecule has 0 saturated heterocycles. The van der Waals surface area contributed by atoms with Gasteiger partial charge in [-0.1, -0.05) is 19.9 Å². The molecule has 0 bridgehead atoms. The van der Waals surface area contributed by atoms with Crippen LogP contribution >= 0.6 is 0 Å². The molecule has 98 valence electrons. The van der Waals surface area contributed by atoms with Crippen molar-refractivity contribution < 1.29 is 10.2 Å². The number of aliphatic hydroxyl groups is 2. The van der Waals surface area contributed by atoms with Gasteiger partial charge in [0.15, 0.2) is 0 Å². The van der Waals surface area contributed by atoms with Crippen LogP contribution in [0.4, 0.5) is 0 Å². The van der Waals surface area contributed by atoms with Crippen molar-refractivity contribution in [2.24, 2.45) is 23.7 Å². The molecule has 0 heterocycles. The molecule has 2 nitrogen and oxygen atoms in total. The first-order valence-electron chi connectivity index (χ1n) is 6.98. The van der Waals surface area contributed by atoms with Crippen molar-refractivity contribution in [2.75, 3.05) is 6.61 Å². The van der Waals surface area contributed by atoms with E-state index in [9.17, 15) is 10.2 Å². The maximum absolute atomic E-state index is 10.5. The molecule has 0 amide bonds. The molecule has 0 spiro atoms. The van der Waals surface area contributed by atoms with Gasteiger partial charge in [0.2, 0.25) is 0 Å². The number of fused-ring (bicyclic) bond motifs is 1. The van der Waals surface area contributed by atoms with E-state index in [1.54, 1.807) is 0 Å². The monoisotopic (exact) mass is 238 g/mol. The molecular formula is C15H26O2. The van der Waals surface area contributed by atoms with E-state index in [0.717, 1.165) is 25.7 Å². The quantitative estimate of drug-likeness (QED) is 0.726. The van der Waals surface area contributed by atoms with Gasteiger partial charge in [-0.25, -0.2) is 0 Å². The van der Waals surface area contributed by atoms with E-state index in [1.807, 2.05) is 6.92 Å². The van der Waals surface area contributed by atoms with Crippen molar-refractivity contribution in [2.45, 2.75) is 52.1 Å². The molecule has 1 fully saturated rings. The maximum atomic E-state index is 10.5. The summed E-state index contributed by atoms with van der Waals surface area (Å²) in [5.41, 5.74) is 0.669. The summed E-state index contributed by atoms with van der Waals surface area (Å²) in [4.78, 5) is 0. The van der Waals surface area contributed by atoms with Gasteiger partial charge in [0, 0.05) is 0 Å². The van der Waals surface area contributed by atoms with E-state index < -0.39 is 5.60 Å². The highest BCUT2D eigenvalue weighted by Crippen LogP contribution is 2.49. The molecule has 0 aromatic heterocycles. The van der Waals surface area contributed by atoms with Crippen molar-refractivity contribution in [3.63, 3.8) is 0 Å². The first-order chi connectivity index (χ1) is 7.95. The summed E-state index contributed by atoms with van der Waals surface area (Å²) in [7, 11) is 0. The minimum atomic E-state index is -0.506. The fourth-order valence-corrected chi connectivity index (χ4v) is 3.90. The van der Waals surface area contributed by atoms with Crippen molar-refractivity contribution >= 4 is 0 Å². The molecule has 2 N–H and O–H groups in total. The molecule has 17 heavy (non-hydrogen) atoms. The predicted molar refractivity (Wildman–Crippen MR) is 69.6 cm³/mol. The molecule has 2 aliphatic rings. The minimum absolute atomic E-state index is 0.191. The Balaban J connectivity index is 2.27. The third-order valence-electron chi connectivity index (χ3n) is 5.01. The van der Waals surface area contributed by atoms with Gasteiger partial charge in [-0.05, 0) is 61.9 Å². The molecule has 2 heteroatoms. The number of aliphatic hydroxyl groups excluding tert-OH is 1. The topological polar surface area (TPSA) is 40.5 Å². The SMILES string of the molecule is CC(C)[C@@H]1CC[C@@](C)(O)[C@@H]2CCC(CO)=C[C@H]21. The van der Waals surface area contributed by atoms with Gasteiger partial charge in [-0.3, -0.25) is 0 Å². The second-order valence-electron chi connectivity index (χ2n) is 6.51. The van der Waals surface area contributed by atoms with Crippen LogP contribution in [0, 0.1) is 23.7 Å². The summed E-state index contributed by atoms with van der Waals surface area (Å²) in [6.45, 7) is 6.75. The zero-order valence-electron chi connectivity index (χ0n) is 11.3. The molecule has 0 radical (unpaired) electrons. The third-order valence-corrected chi connectivity index (χ3v) is 5.01. The summed E-state index contributed by atoms with van der Waals surface area (Å²) >= 11 is 0. The van der Waals surface area contributed by atoms with Crippen LogP contribution in [0.25, 0.3) is 0 Å². The van der Waals surface area contributed by atoms with E-state index >= 15 is 0 Å². The van der Waals surface area contributed by atoms with Crippen molar-refractivity contribution in [3.8, 4) is 0 Å². The van der Waals surface area contributed by atoms with Gasteiger partial charge in [-0.15, -0.1) is 0 Å². The van der Waals surface area contributed by atoms with Crippen LogP contribution in [-0.4, -0.2) is 22.4 Å². The minimum Gasteiger partial charge on any atom is -0.392 e. The Morgan fingerprint density at radius 3 is 2.71 bits per heavy atom. The normalized spacial score (nSPS) is 42.2. The molecule has 2 aliphatic carbocycles. The number of allylic oxidation sites excluding steroid dienone is 1. The highest BCUT2D eigenvalue weighted by Gasteiger charge is 2.46. The second-order valence-corrected chi connectivity index (χ2v) is 6.51. The van der Waals surface area contributed by atoms with E-state index in [1.165, 1.54) is 5.57 Å². The van der Waals surface area contributed by atoms with Gasteiger partial charge in [-0.2, -0.15) is 0 Å². The van der Waals surface area contributed by atoms with E-state index in [0.29, 0.717) is 23.7 Å². The smallest absolute Gasteiger partial charge is 0.0653 e. The molecule has 0 aliphatic heterocycles. The highest BCUT2D eigenvalue weighted by molar-refractivity contribution is 5.15. The van der Waals surface area contributed by atoms with Crippen molar-refractivity contribution in [3.05, 3.63) is 11.6 Å². The summed E-state index contributed by atoms with van der Waals surface area (Å²) in [5, 5.41) is 19.8. The van der Waals surface area contributed by atoms with E-state index in [-0.39, 0.29) is 6.61 Å². The Bertz CT molecular complexity index is 304. The summed E-state index contributed by atoms with van der Waals surface area (Å²) in [6, 6.07) is 0. The van der Waals surface area contributed by atoms with Gasteiger partial charge < -0.3 is 10.2 Å². The first kappa shape index (κ1) is 13.1. The molecule has 1 saturated carbocycles. The lowest BCUT2D eigenvalue weighted by Gasteiger charge is -2.49. The Kier molecular flexibility index (Phi) is 3.65. The van der Waals surface area contributed by atoms with Gasteiger partial charge in [0.25, 0.3) is 0 Å². The largest absolute Gasteiger partial charge is 0.392 e. The van der Waals surface area contributed by atoms with Crippen LogP contribution < -0.4 is 0 Å². The van der Waals surface area contributed by atoms with E-state index in [2.05, 4.69) is 19.9 Å². The van der Waals surface area contributed by atoms with Gasteiger partial charge in [0.1, 0.15) is 0 Å². The molecule has 0 unspecified atom stereocenters. The van der Waals surface area contributed by atoms with Gasteiger partial charge in [0.05, 0.1) is 12.2 Å². The highest BCUT2D eigenvalue weighted by atomic mass is 16.3. The zero-order valence-corrected chi connectivity index (χ0v) is 11.3. The fraction of sp³-hybridized carbons (Fsp3) is 0.867. The molecular weight excluding hydrogens is 212 g/mol. The maximum Gasteiger partial charge on any atom is 0.0653 e. The molecule has 4 atom stereocenters. The lowest BCUT2D eigenvalue weighted by atomic mass is 9.58. The lowest BCUT2D eigenvalue weighted by Crippen LogP contribution is -2.48. The second kappa shape index (κ2) is 4.74. The summed E-state index contributed by atoms with van der Waals surface area (Å²) in [5.74, 6) is 2.18. The van der Waals surface area contributed by atoms with Crippen LogP contribution in [0.5, 0.6) is 0 Å². The average molecular weight is 238 g/mol. The van der Waals surface area contributed by atoms with Crippen LogP contribution in [0.1, 0.15) is 46.5 Å². The summed E-state index contributed by atoms with van der Waals surface area (Å²) in [6.07, 6.45) is 6.30. The Hall–Kier alpha value is -0.340. The van der Waals surface area contributed by atoms with E-state index in [4.69, 9.17) is 0 Å². The van der Waals surface area contributed by atoms with Crippen LogP contribution in [0.15, 0.2) is 11.6 Å². The average Bonchev–Trinajstić information content (AvgIpc) is 2.27. The Morgan fingerprint density at radius 2 is 2.12 bits per heavy atom.